The van der Waals surface area contributed by atoms with Gasteiger partial charge in [-0.1, -0.05) is 41.4 Å². The summed E-state index contributed by atoms with van der Waals surface area (Å²) in [4.78, 5) is 12.2. The van der Waals surface area contributed by atoms with Gasteiger partial charge >= 0.3 is 0 Å². The number of anilines is 1. The summed E-state index contributed by atoms with van der Waals surface area (Å²) in [5, 5.41) is 6.76. The molecule has 104 valence electrons. The first-order valence-corrected chi connectivity index (χ1v) is 6.86. The third-order valence-electron chi connectivity index (χ3n) is 2.81. The summed E-state index contributed by atoms with van der Waals surface area (Å²) in [6.45, 7) is 0.671. The minimum atomic E-state index is -0.254. The Morgan fingerprint density at radius 2 is 1.90 bits per heavy atom. The van der Waals surface area contributed by atoms with E-state index in [0.29, 0.717) is 22.2 Å². The van der Waals surface area contributed by atoms with Crippen molar-refractivity contribution >= 4 is 34.8 Å². The molecule has 20 heavy (non-hydrogen) atoms. The van der Waals surface area contributed by atoms with Crippen LogP contribution < -0.4 is 10.6 Å². The molecule has 1 amide bonds. The van der Waals surface area contributed by atoms with Crippen LogP contribution in [0.15, 0.2) is 42.5 Å². The van der Waals surface area contributed by atoms with Gasteiger partial charge in [0.1, 0.15) is 0 Å². The second-order valence-electron chi connectivity index (χ2n) is 4.27. The lowest BCUT2D eigenvalue weighted by Crippen LogP contribution is -2.15. The van der Waals surface area contributed by atoms with E-state index in [2.05, 4.69) is 10.6 Å². The van der Waals surface area contributed by atoms with E-state index in [1.54, 1.807) is 18.2 Å². The Labute approximate surface area is 127 Å². The topological polar surface area (TPSA) is 41.1 Å². The van der Waals surface area contributed by atoms with Crippen molar-refractivity contribution in [3.8, 4) is 0 Å². The lowest BCUT2D eigenvalue weighted by Gasteiger charge is -2.11. The zero-order chi connectivity index (χ0) is 14.5. The van der Waals surface area contributed by atoms with Crippen molar-refractivity contribution in [1.82, 2.24) is 5.32 Å². The van der Waals surface area contributed by atoms with Gasteiger partial charge in [-0.3, -0.25) is 4.79 Å². The molecule has 0 fully saturated rings. The van der Waals surface area contributed by atoms with E-state index in [4.69, 9.17) is 23.2 Å². The van der Waals surface area contributed by atoms with E-state index in [-0.39, 0.29) is 5.91 Å². The largest absolute Gasteiger partial charge is 0.322 e. The molecule has 0 aromatic heterocycles. The predicted octanol–water partition coefficient (Wildman–Crippen LogP) is 3.97. The van der Waals surface area contributed by atoms with Crippen LogP contribution >= 0.6 is 23.2 Å². The number of para-hydroxylation sites is 1. The van der Waals surface area contributed by atoms with Crippen LogP contribution in [0.5, 0.6) is 0 Å². The number of halogens is 2. The molecule has 5 heteroatoms. The molecule has 0 aliphatic rings. The van der Waals surface area contributed by atoms with Gasteiger partial charge < -0.3 is 10.6 Å². The second kappa shape index (κ2) is 6.75. The Morgan fingerprint density at radius 1 is 1.15 bits per heavy atom. The quantitative estimate of drug-likeness (QED) is 0.897. The van der Waals surface area contributed by atoms with Crippen molar-refractivity contribution in [2.24, 2.45) is 0 Å². The standard InChI is InChI=1S/C15H14Cl2N2O/c1-18-9-10-4-2-3-5-14(10)19-15(20)12-7-6-11(16)8-13(12)17/h2-8,18H,9H2,1H3,(H,19,20). The summed E-state index contributed by atoms with van der Waals surface area (Å²) in [5.74, 6) is -0.254. The van der Waals surface area contributed by atoms with E-state index < -0.39 is 0 Å². The molecule has 0 aliphatic heterocycles. The van der Waals surface area contributed by atoms with Crippen LogP contribution in [0.1, 0.15) is 15.9 Å². The number of carbonyl (C=O) groups is 1. The zero-order valence-electron chi connectivity index (χ0n) is 10.9. The summed E-state index contributed by atoms with van der Waals surface area (Å²) in [5.41, 5.74) is 2.17. The summed E-state index contributed by atoms with van der Waals surface area (Å²) in [7, 11) is 1.86. The van der Waals surface area contributed by atoms with Gasteiger partial charge in [0.25, 0.3) is 5.91 Å². The van der Waals surface area contributed by atoms with E-state index in [1.807, 2.05) is 31.3 Å². The molecule has 2 rings (SSSR count). The fraction of sp³-hybridized carbons (Fsp3) is 0.133. The van der Waals surface area contributed by atoms with Crippen LogP contribution in [0.2, 0.25) is 10.0 Å². The minimum Gasteiger partial charge on any atom is -0.322 e. The molecule has 0 bridgehead atoms. The molecular weight excluding hydrogens is 295 g/mol. The third kappa shape index (κ3) is 3.51. The van der Waals surface area contributed by atoms with Gasteiger partial charge in [0.15, 0.2) is 0 Å². The number of amides is 1. The van der Waals surface area contributed by atoms with Crippen molar-refractivity contribution < 1.29 is 4.79 Å². The van der Waals surface area contributed by atoms with Gasteiger partial charge in [-0.15, -0.1) is 0 Å². The van der Waals surface area contributed by atoms with Gasteiger partial charge in [-0.2, -0.15) is 0 Å². The number of benzene rings is 2. The summed E-state index contributed by atoms with van der Waals surface area (Å²) in [6.07, 6.45) is 0. The molecule has 2 N–H and O–H groups in total. The molecule has 0 heterocycles. The van der Waals surface area contributed by atoms with Crippen LogP contribution in [-0.2, 0) is 6.54 Å². The van der Waals surface area contributed by atoms with Crippen LogP contribution in [0.3, 0.4) is 0 Å². The lowest BCUT2D eigenvalue weighted by molar-refractivity contribution is 0.102. The highest BCUT2D eigenvalue weighted by molar-refractivity contribution is 6.37. The molecular formula is C15H14Cl2N2O. The van der Waals surface area contributed by atoms with Gasteiger partial charge in [0.2, 0.25) is 0 Å². The number of nitrogens with one attached hydrogen (secondary N) is 2. The Balaban J connectivity index is 2.23. The van der Waals surface area contributed by atoms with Gasteiger partial charge in [-0.05, 0) is 36.9 Å². The Morgan fingerprint density at radius 3 is 2.60 bits per heavy atom. The van der Waals surface area contributed by atoms with E-state index in [9.17, 15) is 4.79 Å². The monoisotopic (exact) mass is 308 g/mol. The van der Waals surface area contributed by atoms with Crippen molar-refractivity contribution in [3.05, 3.63) is 63.6 Å². The van der Waals surface area contributed by atoms with Gasteiger partial charge in [-0.25, -0.2) is 0 Å². The fourth-order valence-corrected chi connectivity index (χ4v) is 2.34. The fourth-order valence-electron chi connectivity index (χ4n) is 1.85. The average Bonchev–Trinajstić information content (AvgIpc) is 2.41. The van der Waals surface area contributed by atoms with E-state index in [0.717, 1.165) is 11.3 Å². The number of hydrogen-bond acceptors (Lipinski definition) is 2. The average molecular weight is 309 g/mol. The maximum atomic E-state index is 12.2. The molecule has 0 saturated carbocycles. The van der Waals surface area contributed by atoms with Gasteiger partial charge in [0.05, 0.1) is 10.6 Å². The van der Waals surface area contributed by atoms with E-state index >= 15 is 0 Å². The van der Waals surface area contributed by atoms with Crippen LogP contribution in [0, 0.1) is 0 Å². The maximum Gasteiger partial charge on any atom is 0.257 e. The molecule has 0 aliphatic carbocycles. The van der Waals surface area contributed by atoms with E-state index in [1.165, 1.54) is 0 Å². The smallest absolute Gasteiger partial charge is 0.257 e. The molecule has 2 aromatic rings. The summed E-state index contributed by atoms with van der Waals surface area (Å²) < 4.78 is 0. The second-order valence-corrected chi connectivity index (χ2v) is 5.11. The number of rotatable bonds is 4. The van der Waals surface area contributed by atoms with Crippen LogP contribution in [0.25, 0.3) is 0 Å². The van der Waals surface area contributed by atoms with Crippen molar-refractivity contribution in [2.75, 3.05) is 12.4 Å². The highest BCUT2D eigenvalue weighted by Gasteiger charge is 2.12. The molecule has 0 unspecified atom stereocenters. The molecule has 0 spiro atoms. The highest BCUT2D eigenvalue weighted by Crippen LogP contribution is 2.23. The maximum absolute atomic E-state index is 12.2. The molecule has 0 atom stereocenters. The zero-order valence-corrected chi connectivity index (χ0v) is 12.4. The van der Waals surface area contributed by atoms with Crippen molar-refractivity contribution in [1.29, 1.82) is 0 Å². The first kappa shape index (κ1) is 14.9. The first-order valence-electron chi connectivity index (χ1n) is 6.10. The SMILES string of the molecule is CNCc1ccccc1NC(=O)c1ccc(Cl)cc1Cl. The predicted molar refractivity (Wildman–Crippen MR) is 83.6 cm³/mol. The Hall–Kier alpha value is -1.55. The van der Waals surface area contributed by atoms with Gasteiger partial charge in [0, 0.05) is 17.3 Å². The highest BCUT2D eigenvalue weighted by atomic mass is 35.5. The molecule has 0 saturated heterocycles. The van der Waals surface area contributed by atoms with Crippen molar-refractivity contribution in [3.63, 3.8) is 0 Å². The molecule has 0 radical (unpaired) electrons. The number of hydrogen-bond donors (Lipinski definition) is 2. The molecule has 2 aromatic carbocycles. The lowest BCUT2D eigenvalue weighted by atomic mass is 10.1. The van der Waals surface area contributed by atoms with Crippen LogP contribution in [-0.4, -0.2) is 13.0 Å². The minimum absolute atomic E-state index is 0.254. The Kier molecular flexibility index (Phi) is 5.01. The van der Waals surface area contributed by atoms with Crippen molar-refractivity contribution in [2.45, 2.75) is 6.54 Å². The summed E-state index contributed by atoms with van der Waals surface area (Å²) in [6, 6.07) is 12.4. The Bertz CT molecular complexity index is 629. The molecule has 3 nitrogen and oxygen atoms in total. The normalized spacial score (nSPS) is 10.3. The third-order valence-corrected chi connectivity index (χ3v) is 3.36. The first-order chi connectivity index (χ1) is 9.61. The van der Waals surface area contributed by atoms with Crippen LogP contribution in [0.4, 0.5) is 5.69 Å². The number of carbonyl (C=O) groups excluding carboxylic acids is 1. The summed E-state index contributed by atoms with van der Waals surface area (Å²) >= 11 is 11.9.